The van der Waals surface area contributed by atoms with Gasteiger partial charge in [0.15, 0.2) is 0 Å². The Hall–Kier alpha value is -1.14. The zero-order valence-electron chi connectivity index (χ0n) is 16.1. The van der Waals surface area contributed by atoms with Crippen LogP contribution in [-0.4, -0.2) is 46.0 Å². The Morgan fingerprint density at radius 2 is 1.71 bits per heavy atom. The van der Waals surface area contributed by atoms with Gasteiger partial charge in [0.05, 0.1) is 28.3 Å². The fourth-order valence-corrected chi connectivity index (χ4v) is 4.31. The number of rotatable bonds is 4. The summed E-state index contributed by atoms with van der Waals surface area (Å²) >= 11 is 0. The van der Waals surface area contributed by atoms with Gasteiger partial charge in [-0.2, -0.15) is 13.2 Å². The number of ether oxygens (including phenoxy) is 1. The Bertz CT molecular complexity index is 835. The Kier molecular flexibility index (Phi) is 5.38. The van der Waals surface area contributed by atoms with E-state index in [1.54, 1.807) is 27.7 Å². The molecule has 0 spiro atoms. The highest BCUT2D eigenvalue weighted by Gasteiger charge is 2.52. The van der Waals surface area contributed by atoms with Crippen LogP contribution in [0.3, 0.4) is 0 Å². The molecule has 0 saturated carbocycles. The predicted molar refractivity (Wildman–Crippen MR) is 96.7 cm³/mol. The van der Waals surface area contributed by atoms with Crippen molar-refractivity contribution in [1.82, 2.24) is 4.72 Å². The smallest absolute Gasteiger partial charge is 0.399 e. The van der Waals surface area contributed by atoms with Crippen molar-refractivity contribution in [2.24, 2.45) is 0 Å². The molecule has 1 aromatic carbocycles. The second-order valence-electron chi connectivity index (χ2n) is 8.06. The van der Waals surface area contributed by atoms with Crippen molar-refractivity contribution in [1.29, 1.82) is 0 Å². The van der Waals surface area contributed by atoms with Gasteiger partial charge in [-0.05, 0) is 51.7 Å². The van der Waals surface area contributed by atoms with Crippen LogP contribution in [0.4, 0.5) is 13.2 Å². The van der Waals surface area contributed by atoms with E-state index in [4.69, 9.17) is 14.0 Å². The molecule has 0 aliphatic carbocycles. The zero-order valence-corrected chi connectivity index (χ0v) is 16.9. The van der Waals surface area contributed by atoms with Crippen molar-refractivity contribution >= 4 is 22.6 Å². The van der Waals surface area contributed by atoms with Crippen LogP contribution in [0, 0.1) is 0 Å². The first-order valence-electron chi connectivity index (χ1n) is 8.89. The third-order valence-electron chi connectivity index (χ3n) is 5.34. The Morgan fingerprint density at radius 3 is 2.21 bits per heavy atom. The number of halogens is 3. The van der Waals surface area contributed by atoms with E-state index < -0.39 is 51.0 Å². The highest BCUT2D eigenvalue weighted by Crippen LogP contribution is 2.37. The van der Waals surface area contributed by atoms with Gasteiger partial charge in [-0.1, -0.05) is 6.07 Å². The normalized spacial score (nSPS) is 24.7. The summed E-state index contributed by atoms with van der Waals surface area (Å²) in [5.41, 5.74) is -2.63. The van der Waals surface area contributed by atoms with Gasteiger partial charge in [-0.25, -0.2) is 13.1 Å². The van der Waals surface area contributed by atoms with Gasteiger partial charge in [-0.3, -0.25) is 0 Å². The molecule has 11 heteroatoms. The number of nitrogens with one attached hydrogen (secondary N) is 1. The molecule has 2 saturated heterocycles. The van der Waals surface area contributed by atoms with E-state index in [0.29, 0.717) is 19.1 Å². The minimum absolute atomic E-state index is 0.00322. The van der Waals surface area contributed by atoms with Crippen LogP contribution in [0.2, 0.25) is 0 Å². The lowest BCUT2D eigenvalue weighted by molar-refractivity contribution is -0.137. The molecular weight excluding hydrogens is 398 g/mol. The van der Waals surface area contributed by atoms with Crippen LogP contribution in [-0.2, 0) is 30.2 Å². The molecule has 1 aromatic rings. The molecule has 2 heterocycles. The fourth-order valence-electron chi connectivity index (χ4n) is 2.97. The second kappa shape index (κ2) is 6.98. The monoisotopic (exact) mass is 421 g/mol. The van der Waals surface area contributed by atoms with Gasteiger partial charge in [0.25, 0.3) is 0 Å². The first-order valence-corrected chi connectivity index (χ1v) is 10.4. The predicted octanol–water partition coefficient (Wildman–Crippen LogP) is 2.07. The molecule has 1 atom stereocenters. The third kappa shape index (κ3) is 4.23. The maximum Gasteiger partial charge on any atom is 0.494 e. The molecule has 0 radical (unpaired) electrons. The van der Waals surface area contributed by atoms with Crippen molar-refractivity contribution < 1.29 is 35.6 Å². The SMILES string of the molecule is CC1(C)OB(c2cc(C(F)(F)F)cc(S(=O)(=O)NC3CCOC3)c2)OC1(C)C. The number of sulfonamides is 1. The third-order valence-corrected chi connectivity index (χ3v) is 6.84. The van der Waals surface area contributed by atoms with Crippen LogP contribution in [0.25, 0.3) is 0 Å². The molecule has 3 rings (SSSR count). The Morgan fingerprint density at radius 1 is 1.11 bits per heavy atom. The first kappa shape index (κ1) is 21.6. The van der Waals surface area contributed by atoms with Crippen LogP contribution >= 0.6 is 0 Å². The van der Waals surface area contributed by atoms with Gasteiger partial charge >= 0.3 is 13.3 Å². The number of hydrogen-bond donors (Lipinski definition) is 1. The molecule has 156 valence electrons. The molecule has 1 N–H and O–H groups in total. The van der Waals surface area contributed by atoms with Gasteiger partial charge in [0, 0.05) is 12.6 Å². The first-order chi connectivity index (χ1) is 12.7. The molecule has 2 aliphatic heterocycles. The van der Waals surface area contributed by atoms with Crippen molar-refractivity contribution in [3.63, 3.8) is 0 Å². The maximum atomic E-state index is 13.4. The highest BCUT2D eigenvalue weighted by molar-refractivity contribution is 7.89. The van der Waals surface area contributed by atoms with Crippen LogP contribution in [0.5, 0.6) is 0 Å². The number of alkyl halides is 3. The van der Waals surface area contributed by atoms with E-state index in [1.165, 1.54) is 0 Å². The minimum atomic E-state index is -4.72. The van der Waals surface area contributed by atoms with Crippen molar-refractivity contribution in [2.45, 2.75) is 62.4 Å². The van der Waals surface area contributed by atoms with Gasteiger partial charge in [0.1, 0.15) is 0 Å². The average molecular weight is 421 g/mol. The summed E-state index contributed by atoms with van der Waals surface area (Å²) in [7, 11) is -5.29. The lowest BCUT2D eigenvalue weighted by Crippen LogP contribution is -2.41. The van der Waals surface area contributed by atoms with Crippen molar-refractivity contribution in [3.8, 4) is 0 Å². The quantitative estimate of drug-likeness (QED) is 0.754. The molecule has 28 heavy (non-hydrogen) atoms. The van der Waals surface area contributed by atoms with Crippen LogP contribution in [0.15, 0.2) is 23.1 Å². The van der Waals surface area contributed by atoms with Crippen molar-refractivity contribution in [3.05, 3.63) is 23.8 Å². The summed E-state index contributed by atoms with van der Waals surface area (Å²) in [6.07, 6.45) is -4.26. The molecular formula is C17H23BF3NO5S. The molecule has 0 amide bonds. The average Bonchev–Trinajstić information content (AvgIpc) is 3.11. The fraction of sp³-hybridized carbons (Fsp3) is 0.647. The molecule has 6 nitrogen and oxygen atoms in total. The number of hydrogen-bond acceptors (Lipinski definition) is 5. The van der Waals surface area contributed by atoms with E-state index in [0.717, 1.165) is 12.1 Å². The summed E-state index contributed by atoms with van der Waals surface area (Å²) in [6.45, 7) is 7.64. The molecule has 2 fully saturated rings. The van der Waals surface area contributed by atoms with E-state index in [2.05, 4.69) is 4.72 Å². The summed E-state index contributed by atoms with van der Waals surface area (Å²) in [5, 5.41) is 0. The lowest BCUT2D eigenvalue weighted by Gasteiger charge is -2.32. The van der Waals surface area contributed by atoms with E-state index in [-0.39, 0.29) is 12.1 Å². The maximum absolute atomic E-state index is 13.4. The minimum Gasteiger partial charge on any atom is -0.399 e. The number of benzene rings is 1. The van der Waals surface area contributed by atoms with Gasteiger partial charge < -0.3 is 14.0 Å². The highest BCUT2D eigenvalue weighted by atomic mass is 32.2. The summed E-state index contributed by atoms with van der Waals surface area (Å²) in [5.74, 6) is 0. The molecule has 2 aliphatic rings. The lowest BCUT2D eigenvalue weighted by atomic mass is 9.78. The van der Waals surface area contributed by atoms with E-state index in [1.807, 2.05) is 0 Å². The summed E-state index contributed by atoms with van der Waals surface area (Å²) in [6, 6.07) is 2.17. The topological polar surface area (TPSA) is 73.9 Å². The Labute approximate surface area is 162 Å². The molecule has 0 bridgehead atoms. The van der Waals surface area contributed by atoms with Crippen LogP contribution in [0.1, 0.15) is 39.7 Å². The second-order valence-corrected chi connectivity index (χ2v) is 9.77. The van der Waals surface area contributed by atoms with E-state index in [9.17, 15) is 21.6 Å². The Balaban J connectivity index is 2.01. The van der Waals surface area contributed by atoms with Crippen LogP contribution < -0.4 is 10.2 Å². The summed E-state index contributed by atoms with van der Waals surface area (Å²) < 4.78 is 84.7. The zero-order chi connectivity index (χ0) is 21.0. The largest absolute Gasteiger partial charge is 0.494 e. The van der Waals surface area contributed by atoms with E-state index >= 15 is 0 Å². The standard InChI is InChI=1S/C17H23BF3NO5S/c1-15(2)16(3,4)27-18(26-15)12-7-11(17(19,20)21)8-14(9-12)28(23,24)22-13-5-6-25-10-13/h7-9,13,22H,5-6,10H2,1-4H3. The summed E-state index contributed by atoms with van der Waals surface area (Å²) in [4.78, 5) is -0.487. The van der Waals surface area contributed by atoms with Gasteiger partial charge in [0.2, 0.25) is 10.0 Å². The molecule has 0 aromatic heterocycles. The molecule has 1 unspecified atom stereocenters. The van der Waals surface area contributed by atoms with Crippen molar-refractivity contribution in [2.75, 3.05) is 13.2 Å². The van der Waals surface area contributed by atoms with Gasteiger partial charge in [-0.15, -0.1) is 0 Å².